The second-order valence-electron chi connectivity index (χ2n) is 5.16. The largest absolute Gasteiger partial charge is 0.0622 e. The zero-order chi connectivity index (χ0) is 13.0. The van der Waals surface area contributed by atoms with Crippen molar-refractivity contribution in [2.45, 2.75) is 39.5 Å². The van der Waals surface area contributed by atoms with Crippen LogP contribution in [0.3, 0.4) is 0 Å². The van der Waals surface area contributed by atoms with Crippen molar-refractivity contribution < 1.29 is 0 Å². The van der Waals surface area contributed by atoms with Crippen LogP contribution < -0.4 is 0 Å². The van der Waals surface area contributed by atoms with Gasteiger partial charge in [0, 0.05) is 0 Å². The average molecular weight is 238 g/mol. The first-order valence-corrected chi connectivity index (χ1v) is 6.87. The molecule has 2 aromatic carbocycles. The van der Waals surface area contributed by atoms with Crippen LogP contribution >= 0.6 is 0 Å². The summed E-state index contributed by atoms with van der Waals surface area (Å²) in [5, 5.41) is 0. The van der Waals surface area contributed by atoms with Crippen LogP contribution in [0.4, 0.5) is 0 Å². The molecular formula is C18H22. The van der Waals surface area contributed by atoms with Crippen LogP contribution in [0.2, 0.25) is 0 Å². The van der Waals surface area contributed by atoms with Crippen molar-refractivity contribution in [1.29, 1.82) is 0 Å². The van der Waals surface area contributed by atoms with Gasteiger partial charge in [-0.2, -0.15) is 0 Å². The summed E-state index contributed by atoms with van der Waals surface area (Å²) in [4.78, 5) is 0. The highest BCUT2D eigenvalue weighted by Crippen LogP contribution is 2.26. The lowest BCUT2D eigenvalue weighted by Crippen LogP contribution is -2.02. The van der Waals surface area contributed by atoms with Crippen molar-refractivity contribution in [3.8, 4) is 0 Å². The van der Waals surface area contributed by atoms with E-state index in [1.54, 1.807) is 5.56 Å². The summed E-state index contributed by atoms with van der Waals surface area (Å²) in [5.74, 6) is 0.597. The summed E-state index contributed by atoms with van der Waals surface area (Å²) in [6, 6.07) is 17.5. The normalized spacial score (nSPS) is 10.9. The van der Waals surface area contributed by atoms with E-state index in [9.17, 15) is 0 Å². The first-order chi connectivity index (χ1) is 8.72. The lowest BCUT2D eigenvalue weighted by Gasteiger charge is -2.17. The van der Waals surface area contributed by atoms with Crippen LogP contribution in [0, 0.1) is 0 Å². The molecule has 0 radical (unpaired) electrons. The molecule has 0 nitrogen and oxygen atoms in total. The molecule has 0 bridgehead atoms. The Morgan fingerprint density at radius 3 is 2.11 bits per heavy atom. The zero-order valence-electron chi connectivity index (χ0n) is 11.6. The smallest absolute Gasteiger partial charge is 0.00228 e. The van der Waals surface area contributed by atoms with Crippen molar-refractivity contribution in [3.05, 3.63) is 70.8 Å². The number of hydrogen-bond acceptors (Lipinski definition) is 0. The summed E-state index contributed by atoms with van der Waals surface area (Å²) >= 11 is 0. The highest BCUT2D eigenvalue weighted by atomic mass is 14.2. The van der Waals surface area contributed by atoms with Crippen LogP contribution in [0.1, 0.15) is 48.9 Å². The lowest BCUT2D eigenvalue weighted by atomic mass is 9.88. The maximum absolute atomic E-state index is 2.29. The highest BCUT2D eigenvalue weighted by Gasteiger charge is 2.11. The fourth-order valence-corrected chi connectivity index (χ4v) is 2.69. The molecule has 18 heavy (non-hydrogen) atoms. The molecule has 2 rings (SSSR count). The van der Waals surface area contributed by atoms with Crippen molar-refractivity contribution in [2.24, 2.45) is 0 Å². The minimum atomic E-state index is 0.597. The van der Waals surface area contributed by atoms with Gasteiger partial charge in [-0.15, -0.1) is 0 Å². The molecule has 0 aliphatic carbocycles. The fourth-order valence-electron chi connectivity index (χ4n) is 2.69. The lowest BCUT2D eigenvalue weighted by molar-refractivity contribution is 0.826. The third-order valence-electron chi connectivity index (χ3n) is 3.48. The zero-order valence-corrected chi connectivity index (χ0v) is 11.6. The highest BCUT2D eigenvalue weighted by molar-refractivity contribution is 5.40. The van der Waals surface area contributed by atoms with Crippen LogP contribution in [-0.2, 0) is 12.8 Å². The van der Waals surface area contributed by atoms with E-state index in [0.29, 0.717) is 5.92 Å². The Morgan fingerprint density at radius 2 is 1.50 bits per heavy atom. The summed E-state index contributed by atoms with van der Waals surface area (Å²) < 4.78 is 0. The quantitative estimate of drug-likeness (QED) is 0.706. The van der Waals surface area contributed by atoms with Gasteiger partial charge in [-0.05, 0) is 41.0 Å². The second kappa shape index (κ2) is 5.86. The summed E-state index contributed by atoms with van der Waals surface area (Å²) in [6.45, 7) is 6.83. The van der Waals surface area contributed by atoms with E-state index in [-0.39, 0.29) is 0 Å². The third kappa shape index (κ3) is 2.81. The molecule has 2 aromatic rings. The standard InChI is InChI=1S/C18H22/c1-4-16-11-8-12-17(18(16)14(2)3)13-15-9-6-5-7-10-15/h5-12,14H,4,13H2,1-3H3. The molecule has 94 valence electrons. The number of hydrogen-bond donors (Lipinski definition) is 0. The number of rotatable bonds is 4. The SMILES string of the molecule is CCc1cccc(Cc2ccccc2)c1C(C)C. The predicted molar refractivity (Wildman–Crippen MR) is 79.2 cm³/mol. The van der Waals surface area contributed by atoms with Crippen molar-refractivity contribution in [3.63, 3.8) is 0 Å². The van der Waals surface area contributed by atoms with Gasteiger partial charge in [-0.3, -0.25) is 0 Å². The Hall–Kier alpha value is -1.56. The number of benzene rings is 2. The van der Waals surface area contributed by atoms with Crippen molar-refractivity contribution in [1.82, 2.24) is 0 Å². The molecule has 0 heterocycles. The molecule has 0 heteroatoms. The molecule has 0 saturated heterocycles. The van der Waals surface area contributed by atoms with Crippen LogP contribution in [0.15, 0.2) is 48.5 Å². The van der Waals surface area contributed by atoms with Crippen LogP contribution in [0.5, 0.6) is 0 Å². The monoisotopic (exact) mass is 238 g/mol. The Labute approximate surface area is 111 Å². The van der Waals surface area contributed by atoms with Gasteiger partial charge in [0.15, 0.2) is 0 Å². The van der Waals surface area contributed by atoms with Gasteiger partial charge >= 0.3 is 0 Å². The van der Waals surface area contributed by atoms with Gasteiger partial charge in [0.05, 0.1) is 0 Å². The summed E-state index contributed by atoms with van der Waals surface area (Å²) in [6.07, 6.45) is 2.17. The molecule has 0 amide bonds. The van der Waals surface area contributed by atoms with Gasteiger partial charge in [0.1, 0.15) is 0 Å². The Balaban J connectivity index is 2.38. The molecule has 0 unspecified atom stereocenters. The van der Waals surface area contributed by atoms with E-state index in [2.05, 4.69) is 69.3 Å². The summed E-state index contributed by atoms with van der Waals surface area (Å²) in [7, 11) is 0. The van der Waals surface area contributed by atoms with Gasteiger partial charge in [0.2, 0.25) is 0 Å². The van der Waals surface area contributed by atoms with Gasteiger partial charge in [0.25, 0.3) is 0 Å². The van der Waals surface area contributed by atoms with E-state index < -0.39 is 0 Å². The van der Waals surface area contributed by atoms with Crippen molar-refractivity contribution >= 4 is 0 Å². The van der Waals surface area contributed by atoms with Crippen LogP contribution in [-0.4, -0.2) is 0 Å². The van der Waals surface area contributed by atoms with Gasteiger partial charge in [-0.1, -0.05) is 69.3 Å². The maximum Gasteiger partial charge on any atom is -0.00228 e. The molecule has 0 aromatic heterocycles. The molecule has 0 atom stereocenters. The molecule has 0 fully saturated rings. The van der Waals surface area contributed by atoms with E-state index >= 15 is 0 Å². The van der Waals surface area contributed by atoms with E-state index in [1.807, 2.05) is 0 Å². The Kier molecular flexibility index (Phi) is 4.19. The number of aryl methyl sites for hydroxylation is 1. The third-order valence-corrected chi connectivity index (χ3v) is 3.48. The Bertz CT molecular complexity index is 495. The fraction of sp³-hybridized carbons (Fsp3) is 0.333. The van der Waals surface area contributed by atoms with Crippen LogP contribution in [0.25, 0.3) is 0 Å². The van der Waals surface area contributed by atoms with Gasteiger partial charge in [-0.25, -0.2) is 0 Å². The topological polar surface area (TPSA) is 0 Å². The first kappa shape index (κ1) is 12.9. The average Bonchev–Trinajstić information content (AvgIpc) is 2.39. The Morgan fingerprint density at radius 1 is 0.833 bits per heavy atom. The molecule has 0 saturated carbocycles. The summed E-state index contributed by atoms with van der Waals surface area (Å²) in [5.41, 5.74) is 5.92. The van der Waals surface area contributed by atoms with E-state index in [4.69, 9.17) is 0 Å². The molecule has 0 aliphatic heterocycles. The molecule has 0 aliphatic rings. The maximum atomic E-state index is 2.29. The predicted octanol–water partition coefficient (Wildman–Crippen LogP) is 4.96. The first-order valence-electron chi connectivity index (χ1n) is 6.87. The second-order valence-corrected chi connectivity index (χ2v) is 5.16. The minimum absolute atomic E-state index is 0.597. The van der Waals surface area contributed by atoms with Gasteiger partial charge < -0.3 is 0 Å². The minimum Gasteiger partial charge on any atom is -0.0622 e. The molecular weight excluding hydrogens is 216 g/mol. The molecule has 0 spiro atoms. The van der Waals surface area contributed by atoms with E-state index in [0.717, 1.165) is 12.8 Å². The van der Waals surface area contributed by atoms with E-state index in [1.165, 1.54) is 16.7 Å². The molecule has 0 N–H and O–H groups in total. The van der Waals surface area contributed by atoms with Crippen molar-refractivity contribution in [2.75, 3.05) is 0 Å².